The van der Waals surface area contributed by atoms with Crippen LogP contribution in [0.1, 0.15) is 38.8 Å². The smallest absolute Gasteiger partial charge is 0.156 e. The molecular weight excluding hydrogens is 222 g/mol. The van der Waals surface area contributed by atoms with E-state index in [-0.39, 0.29) is 11.7 Å². The first-order valence-electron chi connectivity index (χ1n) is 6.48. The van der Waals surface area contributed by atoms with Gasteiger partial charge in [-0.15, -0.1) is 0 Å². The van der Waals surface area contributed by atoms with Crippen molar-refractivity contribution in [3.05, 3.63) is 41.0 Å². The van der Waals surface area contributed by atoms with Gasteiger partial charge in [0.15, 0.2) is 5.78 Å². The largest absolute Gasteiger partial charge is 0.330 e. The molecule has 0 radical (unpaired) electrons. The number of nitrogens with two attached hydrogens (primary N) is 1. The Morgan fingerprint density at radius 2 is 1.94 bits per heavy atom. The highest BCUT2D eigenvalue weighted by Gasteiger charge is 2.13. The molecular formula is C16H23NO. The molecule has 1 aromatic rings. The minimum atomic E-state index is 0.159. The van der Waals surface area contributed by atoms with Crippen LogP contribution in [0.4, 0.5) is 0 Å². The van der Waals surface area contributed by atoms with Crippen LogP contribution in [-0.4, -0.2) is 12.3 Å². The quantitative estimate of drug-likeness (QED) is 0.809. The van der Waals surface area contributed by atoms with Gasteiger partial charge < -0.3 is 5.73 Å². The summed E-state index contributed by atoms with van der Waals surface area (Å²) in [5.41, 5.74) is 9.92. The van der Waals surface area contributed by atoms with E-state index in [2.05, 4.69) is 32.0 Å². The number of rotatable bonds is 5. The molecule has 0 saturated heterocycles. The normalized spacial score (nSPS) is 12.6. The maximum Gasteiger partial charge on any atom is 0.156 e. The van der Waals surface area contributed by atoms with Crippen LogP contribution in [0.3, 0.4) is 0 Å². The van der Waals surface area contributed by atoms with E-state index in [1.807, 2.05) is 13.0 Å². The van der Waals surface area contributed by atoms with Gasteiger partial charge in [-0.1, -0.05) is 38.1 Å². The summed E-state index contributed by atoms with van der Waals surface area (Å²) in [6.07, 6.45) is 0.873. The van der Waals surface area contributed by atoms with Crippen molar-refractivity contribution in [2.75, 3.05) is 6.54 Å². The summed E-state index contributed by atoms with van der Waals surface area (Å²) in [6.45, 7) is 8.44. The second-order valence-electron chi connectivity index (χ2n) is 4.99. The lowest BCUT2D eigenvalue weighted by Gasteiger charge is -2.14. The second-order valence-corrected chi connectivity index (χ2v) is 4.99. The summed E-state index contributed by atoms with van der Waals surface area (Å²) in [4.78, 5) is 11.7. The number of Topliss-reactive ketones (excluding diaryl/α,β-unsaturated/α-hetero) is 1. The van der Waals surface area contributed by atoms with E-state index in [1.165, 1.54) is 5.56 Å². The van der Waals surface area contributed by atoms with E-state index in [4.69, 9.17) is 5.73 Å². The summed E-state index contributed by atoms with van der Waals surface area (Å²) in [7, 11) is 0. The van der Waals surface area contributed by atoms with E-state index < -0.39 is 0 Å². The van der Waals surface area contributed by atoms with Crippen LogP contribution >= 0.6 is 0 Å². The molecule has 18 heavy (non-hydrogen) atoms. The maximum absolute atomic E-state index is 11.7. The first kappa shape index (κ1) is 14.7. The number of hydrogen-bond acceptors (Lipinski definition) is 2. The van der Waals surface area contributed by atoms with Gasteiger partial charge in [-0.25, -0.2) is 0 Å². The van der Waals surface area contributed by atoms with Crippen molar-refractivity contribution >= 4 is 11.4 Å². The van der Waals surface area contributed by atoms with Crippen LogP contribution in [0.15, 0.2) is 29.8 Å². The van der Waals surface area contributed by atoms with Gasteiger partial charge in [-0.05, 0) is 49.4 Å². The van der Waals surface area contributed by atoms with Crippen LogP contribution in [0, 0.1) is 5.92 Å². The third-order valence-corrected chi connectivity index (χ3v) is 3.15. The summed E-state index contributed by atoms with van der Waals surface area (Å²) < 4.78 is 0. The lowest BCUT2D eigenvalue weighted by molar-refractivity contribution is -0.113. The molecule has 0 amide bonds. The van der Waals surface area contributed by atoms with Crippen molar-refractivity contribution in [2.24, 2.45) is 11.7 Å². The molecule has 2 heteroatoms. The molecule has 0 aliphatic heterocycles. The molecule has 1 aromatic carbocycles. The summed E-state index contributed by atoms with van der Waals surface area (Å²) >= 11 is 0. The molecule has 0 aliphatic rings. The number of carbonyl (C=O) groups excluding carboxylic acids is 1. The van der Waals surface area contributed by atoms with Crippen LogP contribution in [0.25, 0.3) is 5.57 Å². The SMILES string of the molecule is CC(=O)/C(=C(\C)c1cccc(CCN)c1)C(C)C. The molecule has 0 spiro atoms. The highest BCUT2D eigenvalue weighted by Crippen LogP contribution is 2.25. The molecule has 0 unspecified atom stereocenters. The van der Waals surface area contributed by atoms with Gasteiger partial charge in [0.05, 0.1) is 0 Å². The molecule has 2 N–H and O–H groups in total. The fraction of sp³-hybridized carbons (Fsp3) is 0.438. The number of benzene rings is 1. The number of carbonyl (C=O) groups is 1. The molecule has 2 nitrogen and oxygen atoms in total. The minimum absolute atomic E-state index is 0.159. The van der Waals surface area contributed by atoms with E-state index >= 15 is 0 Å². The van der Waals surface area contributed by atoms with Crippen LogP contribution in [-0.2, 0) is 11.2 Å². The first-order valence-corrected chi connectivity index (χ1v) is 6.48. The number of hydrogen-bond donors (Lipinski definition) is 1. The molecule has 0 bridgehead atoms. The zero-order valence-electron chi connectivity index (χ0n) is 11.8. The molecule has 0 fully saturated rings. The Morgan fingerprint density at radius 1 is 1.28 bits per heavy atom. The summed E-state index contributed by atoms with van der Waals surface area (Å²) in [6, 6.07) is 8.29. The van der Waals surface area contributed by atoms with Gasteiger partial charge in [-0.3, -0.25) is 4.79 Å². The van der Waals surface area contributed by atoms with Gasteiger partial charge in [-0.2, -0.15) is 0 Å². The van der Waals surface area contributed by atoms with Crippen molar-refractivity contribution < 1.29 is 4.79 Å². The monoisotopic (exact) mass is 245 g/mol. The van der Waals surface area contributed by atoms with Crippen molar-refractivity contribution in [3.63, 3.8) is 0 Å². The van der Waals surface area contributed by atoms with E-state index in [0.717, 1.165) is 23.1 Å². The zero-order valence-corrected chi connectivity index (χ0v) is 11.8. The molecule has 0 aliphatic carbocycles. The Bertz CT molecular complexity index is 458. The van der Waals surface area contributed by atoms with Gasteiger partial charge in [0, 0.05) is 5.57 Å². The Hall–Kier alpha value is -1.41. The van der Waals surface area contributed by atoms with Gasteiger partial charge in [0.1, 0.15) is 0 Å². The molecule has 98 valence electrons. The molecule has 0 aromatic heterocycles. The topological polar surface area (TPSA) is 43.1 Å². The van der Waals surface area contributed by atoms with Crippen LogP contribution in [0.5, 0.6) is 0 Å². The second kappa shape index (κ2) is 6.50. The van der Waals surface area contributed by atoms with Crippen molar-refractivity contribution in [3.8, 4) is 0 Å². The Balaban J connectivity index is 3.22. The van der Waals surface area contributed by atoms with Crippen molar-refractivity contribution in [1.29, 1.82) is 0 Å². The van der Waals surface area contributed by atoms with Gasteiger partial charge in [0.25, 0.3) is 0 Å². The lowest BCUT2D eigenvalue weighted by Crippen LogP contribution is -2.07. The Labute approximate surface area is 110 Å². The van der Waals surface area contributed by atoms with Crippen LogP contribution in [0.2, 0.25) is 0 Å². The van der Waals surface area contributed by atoms with E-state index in [1.54, 1.807) is 6.92 Å². The standard InChI is InChI=1S/C16H23NO/c1-11(2)16(13(4)18)12(3)15-7-5-6-14(10-15)8-9-17/h5-7,10-11H,8-9,17H2,1-4H3/b16-12+. The highest BCUT2D eigenvalue weighted by atomic mass is 16.1. The minimum Gasteiger partial charge on any atom is -0.330 e. The van der Waals surface area contributed by atoms with Crippen molar-refractivity contribution in [1.82, 2.24) is 0 Å². The molecule has 1 rings (SSSR count). The average molecular weight is 245 g/mol. The van der Waals surface area contributed by atoms with E-state index in [9.17, 15) is 4.79 Å². The number of ketones is 1. The maximum atomic E-state index is 11.7. The molecule has 0 atom stereocenters. The van der Waals surface area contributed by atoms with E-state index in [0.29, 0.717) is 6.54 Å². The average Bonchev–Trinajstić information content (AvgIpc) is 2.28. The first-order chi connectivity index (χ1) is 8.47. The predicted molar refractivity (Wildman–Crippen MR) is 77.3 cm³/mol. The number of allylic oxidation sites excluding steroid dienone is 2. The van der Waals surface area contributed by atoms with Gasteiger partial charge >= 0.3 is 0 Å². The fourth-order valence-electron chi connectivity index (χ4n) is 2.39. The third kappa shape index (κ3) is 3.54. The fourth-order valence-corrected chi connectivity index (χ4v) is 2.39. The molecule has 0 heterocycles. The zero-order chi connectivity index (χ0) is 13.7. The lowest BCUT2D eigenvalue weighted by atomic mass is 9.90. The summed E-state index contributed by atoms with van der Waals surface area (Å²) in [5, 5.41) is 0. The predicted octanol–water partition coefficient (Wildman–Crippen LogP) is 3.21. The highest BCUT2D eigenvalue weighted by molar-refractivity contribution is 6.01. The van der Waals surface area contributed by atoms with Crippen LogP contribution < -0.4 is 5.73 Å². The Kier molecular flexibility index (Phi) is 5.29. The summed E-state index contributed by atoms with van der Waals surface area (Å²) in [5.74, 6) is 0.410. The third-order valence-electron chi connectivity index (χ3n) is 3.15. The van der Waals surface area contributed by atoms with Gasteiger partial charge in [0.2, 0.25) is 0 Å². The van der Waals surface area contributed by atoms with Crippen molar-refractivity contribution in [2.45, 2.75) is 34.1 Å². The Morgan fingerprint density at radius 3 is 2.44 bits per heavy atom. The molecule has 0 saturated carbocycles.